The smallest absolute Gasteiger partial charge is 0.310 e. The summed E-state index contributed by atoms with van der Waals surface area (Å²) in [6, 6.07) is 21.0. The number of esters is 1. The third-order valence-electron chi connectivity index (χ3n) is 4.01. The van der Waals surface area contributed by atoms with E-state index in [2.05, 4.69) is 60.9 Å². The van der Waals surface area contributed by atoms with Gasteiger partial charge < -0.3 is 4.74 Å². The van der Waals surface area contributed by atoms with Gasteiger partial charge in [-0.2, -0.15) is 0 Å². The predicted octanol–water partition coefficient (Wildman–Crippen LogP) is 5.06. The first-order valence-electron chi connectivity index (χ1n) is 8.80. The third kappa shape index (κ3) is 6.43. The Morgan fingerprint density at radius 3 is 2.00 bits per heavy atom. The largest absolute Gasteiger partial charge is 0.469 e. The van der Waals surface area contributed by atoms with Crippen molar-refractivity contribution >= 4 is 22.4 Å². The van der Waals surface area contributed by atoms with Crippen molar-refractivity contribution in [1.29, 1.82) is 0 Å². The Hall–Kier alpha value is -2.00. The van der Waals surface area contributed by atoms with Crippen LogP contribution in [0.2, 0.25) is 0 Å². The van der Waals surface area contributed by atoms with E-state index < -0.39 is 0 Å². The maximum Gasteiger partial charge on any atom is 0.310 e. The van der Waals surface area contributed by atoms with E-state index in [1.54, 1.807) is 0 Å². The van der Waals surface area contributed by atoms with Crippen molar-refractivity contribution in [2.24, 2.45) is 0 Å². The number of carbonyl (C=O) groups is 1. The lowest BCUT2D eigenvalue weighted by Gasteiger charge is -2.10. The summed E-state index contributed by atoms with van der Waals surface area (Å²) in [6.45, 7) is 2.21. The molecule has 0 aliphatic carbocycles. The maximum absolute atomic E-state index is 11.6. The van der Waals surface area contributed by atoms with Gasteiger partial charge in [-0.15, -0.1) is 0 Å². The van der Waals surface area contributed by atoms with Gasteiger partial charge in [0, 0.05) is 16.5 Å². The van der Waals surface area contributed by atoms with Gasteiger partial charge in [0.25, 0.3) is 0 Å². The van der Waals surface area contributed by atoms with E-state index in [1.807, 2.05) is 12.1 Å². The molecule has 132 valence electrons. The summed E-state index contributed by atoms with van der Waals surface area (Å²) in [5, 5.41) is 2.38. The van der Waals surface area contributed by atoms with Crippen LogP contribution in [0.1, 0.15) is 37.3 Å². The van der Waals surface area contributed by atoms with Crippen molar-refractivity contribution in [2.45, 2.75) is 26.2 Å². The fourth-order valence-corrected chi connectivity index (χ4v) is 4.70. The number of methoxy groups -OCH3 is 1. The summed E-state index contributed by atoms with van der Waals surface area (Å²) in [5.74, 6) is 1.86. The second-order valence-electron chi connectivity index (χ2n) is 5.89. The average Bonchev–Trinajstić information content (AvgIpc) is 2.68. The highest BCUT2D eigenvalue weighted by atomic mass is 32.2. The van der Waals surface area contributed by atoms with Gasteiger partial charge in [0.2, 0.25) is 0 Å². The summed E-state index contributed by atoms with van der Waals surface area (Å²) < 4.78 is 4.82. The Morgan fingerprint density at radius 2 is 1.52 bits per heavy atom. The zero-order valence-corrected chi connectivity index (χ0v) is 15.9. The highest BCUT2D eigenvalue weighted by molar-refractivity contribution is 7.99. The Morgan fingerprint density at radius 1 is 0.960 bits per heavy atom. The van der Waals surface area contributed by atoms with Crippen molar-refractivity contribution in [3.05, 3.63) is 77.2 Å². The van der Waals surface area contributed by atoms with Crippen LogP contribution in [-0.2, 0) is 20.4 Å². The topological polar surface area (TPSA) is 26.3 Å². The monoisotopic (exact) mass is 355 g/mol. The van der Waals surface area contributed by atoms with Gasteiger partial charge in [0.1, 0.15) is 16.9 Å². The van der Waals surface area contributed by atoms with Crippen molar-refractivity contribution in [3.63, 3.8) is 0 Å². The number of hydrogen-bond acceptors (Lipinski definition) is 2. The molecule has 0 aliphatic heterocycles. The van der Waals surface area contributed by atoms with Gasteiger partial charge >= 0.3 is 5.97 Å². The molecule has 0 radical (unpaired) electrons. The molecule has 0 aliphatic rings. The van der Waals surface area contributed by atoms with Crippen LogP contribution in [0.4, 0.5) is 0 Å². The Bertz CT molecular complexity index is 623. The molecule has 0 heterocycles. The minimum absolute atomic E-state index is 0.0595. The fourth-order valence-electron chi connectivity index (χ4n) is 2.57. The molecule has 0 bridgehead atoms. The second-order valence-corrected chi connectivity index (χ2v) is 8.02. The number of rotatable bonds is 9. The van der Waals surface area contributed by atoms with Crippen molar-refractivity contribution < 1.29 is 9.53 Å². The molecule has 1 atom stereocenters. The number of carbonyl (C=O) groups excluding carboxylic acids is 1. The van der Waals surface area contributed by atoms with E-state index >= 15 is 0 Å². The molecule has 0 saturated heterocycles. The Labute approximate surface area is 154 Å². The Balaban J connectivity index is 2.32. The number of benzene rings is 2. The van der Waals surface area contributed by atoms with E-state index in [-0.39, 0.29) is 16.9 Å². The van der Waals surface area contributed by atoms with Crippen molar-refractivity contribution in [1.82, 2.24) is 0 Å². The lowest BCUT2D eigenvalue weighted by Crippen LogP contribution is -2.14. The van der Waals surface area contributed by atoms with E-state index in [9.17, 15) is 4.79 Å². The lowest BCUT2D eigenvalue weighted by atomic mass is 10.00. The summed E-state index contributed by atoms with van der Waals surface area (Å²) in [5.41, 5.74) is 3.70. The van der Waals surface area contributed by atoms with Crippen molar-refractivity contribution in [3.8, 4) is 0 Å². The van der Waals surface area contributed by atoms with Crippen LogP contribution in [0.5, 0.6) is 0 Å². The highest BCUT2D eigenvalue weighted by Gasteiger charge is 2.20. The lowest BCUT2D eigenvalue weighted by molar-refractivity contribution is -0.140. The molecule has 2 aromatic rings. The summed E-state index contributed by atoms with van der Waals surface area (Å²) >= 11 is 0. The van der Waals surface area contributed by atoms with Gasteiger partial charge in [0.05, 0.1) is 13.5 Å². The molecule has 0 N–H and O–H groups in total. The Kier molecular flexibility index (Phi) is 8.33. The standard InChI is InChI=1S/C22H27O2S/c1-3-4-16-25(17-15-22(23)24-2)18-21(19-11-7-5-8-12-19)20-13-9-6-10-14-20/h5-14,18H,3-4,15-17H2,1-2H3/q+1. The minimum Gasteiger partial charge on any atom is -0.469 e. The average molecular weight is 356 g/mol. The minimum atomic E-state index is -0.122. The van der Waals surface area contributed by atoms with Gasteiger partial charge in [-0.1, -0.05) is 74.0 Å². The quantitative estimate of drug-likeness (QED) is 0.464. The molecule has 2 aromatic carbocycles. The van der Waals surface area contributed by atoms with E-state index in [1.165, 1.54) is 36.7 Å². The number of ether oxygens (including phenoxy) is 1. The molecule has 0 fully saturated rings. The van der Waals surface area contributed by atoms with Gasteiger partial charge in [-0.3, -0.25) is 4.79 Å². The summed E-state index contributed by atoms with van der Waals surface area (Å²) in [4.78, 5) is 11.6. The SMILES string of the molecule is CCCC[S+](C=C(c1ccccc1)c1ccccc1)CCC(=O)OC. The molecular weight excluding hydrogens is 328 g/mol. The molecule has 0 spiro atoms. The van der Waals surface area contributed by atoms with Crippen LogP contribution in [0, 0.1) is 0 Å². The van der Waals surface area contributed by atoms with Crippen LogP contribution in [0.3, 0.4) is 0 Å². The third-order valence-corrected chi connectivity index (χ3v) is 6.12. The van der Waals surface area contributed by atoms with Gasteiger partial charge in [-0.05, 0) is 17.5 Å². The molecule has 2 rings (SSSR count). The van der Waals surface area contributed by atoms with Crippen LogP contribution in [0.25, 0.3) is 5.57 Å². The molecule has 3 heteroatoms. The van der Waals surface area contributed by atoms with Crippen molar-refractivity contribution in [2.75, 3.05) is 18.6 Å². The van der Waals surface area contributed by atoms with Gasteiger partial charge in [0.15, 0.2) is 0 Å². The first-order chi connectivity index (χ1) is 12.2. The maximum atomic E-state index is 11.6. The van der Waals surface area contributed by atoms with E-state index in [0.717, 1.165) is 11.5 Å². The first-order valence-corrected chi connectivity index (χ1v) is 10.4. The van der Waals surface area contributed by atoms with Crippen LogP contribution in [-0.4, -0.2) is 24.6 Å². The fraction of sp³-hybridized carbons (Fsp3) is 0.318. The van der Waals surface area contributed by atoms with E-state index in [0.29, 0.717) is 6.42 Å². The van der Waals surface area contributed by atoms with Crippen LogP contribution >= 0.6 is 0 Å². The predicted molar refractivity (Wildman–Crippen MR) is 109 cm³/mol. The van der Waals surface area contributed by atoms with Crippen LogP contribution in [0.15, 0.2) is 66.1 Å². The molecule has 25 heavy (non-hydrogen) atoms. The molecule has 0 amide bonds. The molecule has 2 nitrogen and oxygen atoms in total. The number of unbranched alkanes of at least 4 members (excludes halogenated alkanes) is 1. The molecule has 0 saturated carbocycles. The first kappa shape index (κ1) is 19.3. The molecular formula is C22H27O2S+. The summed E-state index contributed by atoms with van der Waals surface area (Å²) in [7, 11) is 1.52. The second kappa shape index (κ2) is 10.8. The molecule has 1 unspecified atom stereocenters. The normalized spacial score (nSPS) is 11.6. The number of hydrogen-bond donors (Lipinski definition) is 0. The zero-order valence-electron chi connectivity index (χ0n) is 15.1. The summed E-state index contributed by atoms with van der Waals surface area (Å²) in [6.07, 6.45) is 2.83. The van der Waals surface area contributed by atoms with Gasteiger partial charge in [-0.25, -0.2) is 0 Å². The van der Waals surface area contributed by atoms with Crippen LogP contribution < -0.4 is 0 Å². The zero-order chi connectivity index (χ0) is 17.9. The van der Waals surface area contributed by atoms with E-state index in [4.69, 9.17) is 4.74 Å². The molecule has 0 aromatic heterocycles. The highest BCUT2D eigenvalue weighted by Crippen LogP contribution is 2.25.